The zero-order valence-corrected chi connectivity index (χ0v) is 11.4. The second-order valence-corrected chi connectivity index (χ2v) is 5.68. The summed E-state index contributed by atoms with van der Waals surface area (Å²) in [7, 11) is 0. The highest BCUT2D eigenvalue weighted by atomic mass is 32.1. The van der Waals surface area contributed by atoms with Crippen LogP contribution in [0.15, 0.2) is 41.8 Å². The molecule has 0 bridgehead atoms. The molecule has 1 aliphatic rings. The van der Waals surface area contributed by atoms with E-state index in [9.17, 15) is 4.79 Å². The average molecular weight is 272 g/mol. The lowest BCUT2D eigenvalue weighted by Gasteiger charge is -2.10. The fraction of sp³-hybridized carbons (Fsp3) is 0.267. The number of anilines is 1. The number of thiophene rings is 1. The quantitative estimate of drug-likeness (QED) is 0.902. The third-order valence-electron chi connectivity index (χ3n) is 3.37. The topological polar surface area (TPSA) is 41.1 Å². The van der Waals surface area contributed by atoms with E-state index in [4.69, 9.17) is 0 Å². The van der Waals surface area contributed by atoms with Gasteiger partial charge in [-0.3, -0.25) is 4.79 Å². The number of hydrogen-bond acceptors (Lipinski definition) is 3. The van der Waals surface area contributed by atoms with Crippen molar-refractivity contribution in [2.75, 3.05) is 18.4 Å². The van der Waals surface area contributed by atoms with Gasteiger partial charge in [0, 0.05) is 17.1 Å². The molecule has 4 heteroatoms. The number of benzene rings is 1. The molecule has 2 aromatic rings. The van der Waals surface area contributed by atoms with Crippen molar-refractivity contribution in [3.05, 3.63) is 41.8 Å². The molecule has 98 valence electrons. The Labute approximate surface area is 116 Å². The summed E-state index contributed by atoms with van der Waals surface area (Å²) in [5.41, 5.74) is 2.03. The molecule has 19 heavy (non-hydrogen) atoms. The van der Waals surface area contributed by atoms with E-state index in [2.05, 4.69) is 28.1 Å². The van der Waals surface area contributed by atoms with Crippen molar-refractivity contribution >= 4 is 22.9 Å². The van der Waals surface area contributed by atoms with Gasteiger partial charge in [-0.15, -0.1) is 11.3 Å². The van der Waals surface area contributed by atoms with E-state index < -0.39 is 0 Å². The predicted octanol–water partition coefficient (Wildman–Crippen LogP) is 2.96. The SMILES string of the molecule is O=C(Nc1cccc(-c2cccs2)c1)C1CCNC1. The van der Waals surface area contributed by atoms with Crippen LogP contribution in [0, 0.1) is 5.92 Å². The lowest BCUT2D eigenvalue weighted by atomic mass is 10.1. The largest absolute Gasteiger partial charge is 0.326 e. The van der Waals surface area contributed by atoms with Crippen molar-refractivity contribution in [3.63, 3.8) is 0 Å². The maximum absolute atomic E-state index is 12.1. The maximum Gasteiger partial charge on any atom is 0.228 e. The van der Waals surface area contributed by atoms with Gasteiger partial charge in [0.2, 0.25) is 5.91 Å². The van der Waals surface area contributed by atoms with Gasteiger partial charge in [0.1, 0.15) is 0 Å². The molecule has 0 aliphatic carbocycles. The summed E-state index contributed by atoms with van der Waals surface area (Å²) in [5, 5.41) is 8.29. The van der Waals surface area contributed by atoms with Crippen LogP contribution in [-0.2, 0) is 4.79 Å². The second-order valence-electron chi connectivity index (χ2n) is 4.74. The summed E-state index contributed by atoms with van der Waals surface area (Å²) in [6, 6.07) is 12.2. The van der Waals surface area contributed by atoms with Crippen molar-refractivity contribution in [2.45, 2.75) is 6.42 Å². The Bertz CT molecular complexity index is 559. The first-order valence-electron chi connectivity index (χ1n) is 6.48. The van der Waals surface area contributed by atoms with Crippen molar-refractivity contribution in [1.82, 2.24) is 5.32 Å². The van der Waals surface area contributed by atoms with Gasteiger partial charge < -0.3 is 10.6 Å². The minimum Gasteiger partial charge on any atom is -0.326 e. The molecule has 1 amide bonds. The molecule has 1 fully saturated rings. The van der Waals surface area contributed by atoms with Gasteiger partial charge in [0.15, 0.2) is 0 Å². The third kappa shape index (κ3) is 2.85. The number of nitrogens with one attached hydrogen (secondary N) is 2. The van der Waals surface area contributed by atoms with Crippen LogP contribution in [-0.4, -0.2) is 19.0 Å². The molecule has 0 saturated carbocycles. The van der Waals surface area contributed by atoms with Gasteiger partial charge in [-0.05, 0) is 42.1 Å². The van der Waals surface area contributed by atoms with Crippen LogP contribution in [0.4, 0.5) is 5.69 Å². The number of carbonyl (C=O) groups excluding carboxylic acids is 1. The molecular formula is C15H16N2OS. The Morgan fingerprint density at radius 1 is 1.32 bits per heavy atom. The van der Waals surface area contributed by atoms with Crippen LogP contribution in [0.2, 0.25) is 0 Å². The molecule has 2 heterocycles. The van der Waals surface area contributed by atoms with E-state index in [-0.39, 0.29) is 11.8 Å². The number of carbonyl (C=O) groups is 1. The van der Waals surface area contributed by atoms with E-state index >= 15 is 0 Å². The Balaban J connectivity index is 1.74. The summed E-state index contributed by atoms with van der Waals surface area (Å²) in [6.07, 6.45) is 0.927. The lowest BCUT2D eigenvalue weighted by molar-refractivity contribution is -0.119. The summed E-state index contributed by atoms with van der Waals surface area (Å²) in [4.78, 5) is 13.3. The normalized spacial score (nSPS) is 18.4. The summed E-state index contributed by atoms with van der Waals surface area (Å²) < 4.78 is 0. The smallest absolute Gasteiger partial charge is 0.228 e. The monoisotopic (exact) mass is 272 g/mol. The van der Waals surface area contributed by atoms with Crippen LogP contribution in [0.25, 0.3) is 10.4 Å². The lowest BCUT2D eigenvalue weighted by Crippen LogP contribution is -2.24. The predicted molar refractivity (Wildman–Crippen MR) is 79.4 cm³/mol. The Hall–Kier alpha value is -1.65. The molecule has 1 aromatic carbocycles. The number of rotatable bonds is 3. The van der Waals surface area contributed by atoms with Gasteiger partial charge in [-0.25, -0.2) is 0 Å². The van der Waals surface area contributed by atoms with Crippen LogP contribution in [0.3, 0.4) is 0 Å². The van der Waals surface area contributed by atoms with E-state index in [1.54, 1.807) is 11.3 Å². The van der Waals surface area contributed by atoms with Crippen LogP contribution < -0.4 is 10.6 Å². The van der Waals surface area contributed by atoms with E-state index in [0.717, 1.165) is 30.8 Å². The first-order chi connectivity index (χ1) is 9.33. The fourth-order valence-electron chi connectivity index (χ4n) is 2.32. The minimum atomic E-state index is 0.102. The average Bonchev–Trinajstić information content (AvgIpc) is 3.13. The molecule has 1 aliphatic heterocycles. The molecule has 1 unspecified atom stereocenters. The zero-order chi connectivity index (χ0) is 13.1. The minimum absolute atomic E-state index is 0.102. The second kappa shape index (κ2) is 5.55. The summed E-state index contributed by atoms with van der Waals surface area (Å²) >= 11 is 1.71. The van der Waals surface area contributed by atoms with Gasteiger partial charge in [-0.1, -0.05) is 18.2 Å². The van der Waals surface area contributed by atoms with Crippen molar-refractivity contribution in [2.24, 2.45) is 5.92 Å². The number of amides is 1. The summed E-state index contributed by atoms with van der Waals surface area (Å²) in [6.45, 7) is 1.73. The first-order valence-corrected chi connectivity index (χ1v) is 7.36. The number of hydrogen-bond donors (Lipinski definition) is 2. The fourth-order valence-corrected chi connectivity index (χ4v) is 3.04. The van der Waals surface area contributed by atoms with Crippen molar-refractivity contribution in [3.8, 4) is 10.4 Å². The van der Waals surface area contributed by atoms with Gasteiger partial charge in [0.05, 0.1) is 5.92 Å². The van der Waals surface area contributed by atoms with E-state index in [1.807, 2.05) is 24.3 Å². The van der Waals surface area contributed by atoms with Gasteiger partial charge in [0.25, 0.3) is 0 Å². The first kappa shape index (κ1) is 12.4. The van der Waals surface area contributed by atoms with Gasteiger partial charge in [-0.2, -0.15) is 0 Å². The van der Waals surface area contributed by atoms with Crippen LogP contribution in [0.5, 0.6) is 0 Å². The summed E-state index contributed by atoms with van der Waals surface area (Å²) in [5.74, 6) is 0.221. The van der Waals surface area contributed by atoms with Crippen LogP contribution in [0.1, 0.15) is 6.42 Å². The molecule has 1 atom stereocenters. The van der Waals surface area contributed by atoms with Gasteiger partial charge >= 0.3 is 0 Å². The van der Waals surface area contributed by atoms with E-state index in [0.29, 0.717) is 0 Å². The zero-order valence-electron chi connectivity index (χ0n) is 10.6. The molecule has 2 N–H and O–H groups in total. The molecule has 3 rings (SSSR count). The maximum atomic E-state index is 12.1. The Morgan fingerprint density at radius 3 is 3.00 bits per heavy atom. The molecule has 3 nitrogen and oxygen atoms in total. The molecular weight excluding hydrogens is 256 g/mol. The highest BCUT2D eigenvalue weighted by Gasteiger charge is 2.22. The molecule has 0 spiro atoms. The van der Waals surface area contributed by atoms with Crippen molar-refractivity contribution in [1.29, 1.82) is 0 Å². The third-order valence-corrected chi connectivity index (χ3v) is 4.29. The standard InChI is InChI=1S/C15H16N2OS/c18-15(12-6-7-16-10-12)17-13-4-1-3-11(9-13)14-5-2-8-19-14/h1-5,8-9,12,16H,6-7,10H2,(H,17,18). The Kier molecular flexibility index (Phi) is 3.62. The molecule has 0 radical (unpaired) electrons. The highest BCUT2D eigenvalue weighted by Crippen LogP contribution is 2.27. The molecule has 1 saturated heterocycles. The van der Waals surface area contributed by atoms with Crippen molar-refractivity contribution < 1.29 is 4.79 Å². The van der Waals surface area contributed by atoms with Crippen LogP contribution >= 0.6 is 11.3 Å². The highest BCUT2D eigenvalue weighted by molar-refractivity contribution is 7.13. The molecule has 1 aromatic heterocycles. The van der Waals surface area contributed by atoms with E-state index in [1.165, 1.54) is 4.88 Å². The Morgan fingerprint density at radius 2 is 2.26 bits per heavy atom.